The number of carbonyl (C=O) groups excluding carboxylic acids is 1. The van der Waals surface area contributed by atoms with Gasteiger partial charge in [0, 0.05) is 12.5 Å². The molecule has 0 aromatic heterocycles. The predicted octanol–water partition coefficient (Wildman–Crippen LogP) is 2.74. The van der Waals surface area contributed by atoms with Crippen molar-refractivity contribution < 1.29 is 9.53 Å². The number of nitrogens with one attached hydrogen (secondary N) is 1. The first-order valence-corrected chi connectivity index (χ1v) is 5.68. The van der Waals surface area contributed by atoms with Gasteiger partial charge in [-0.1, -0.05) is 44.2 Å². The molecule has 2 rings (SSSR count). The molecule has 1 fully saturated rings. The van der Waals surface area contributed by atoms with Gasteiger partial charge in [0.15, 0.2) is 0 Å². The highest BCUT2D eigenvalue weighted by molar-refractivity contribution is 5.68. The molecule has 16 heavy (non-hydrogen) atoms. The van der Waals surface area contributed by atoms with Crippen molar-refractivity contribution >= 4 is 6.09 Å². The summed E-state index contributed by atoms with van der Waals surface area (Å²) in [6, 6.07) is 9.94. The van der Waals surface area contributed by atoms with E-state index in [-0.39, 0.29) is 12.2 Å². The molecule has 0 bridgehead atoms. The lowest BCUT2D eigenvalue weighted by Crippen LogP contribution is -2.42. The van der Waals surface area contributed by atoms with Gasteiger partial charge < -0.3 is 10.1 Å². The molecule has 0 saturated carbocycles. The second-order valence-electron chi connectivity index (χ2n) is 4.53. The molecule has 2 atom stereocenters. The number of amides is 1. The van der Waals surface area contributed by atoms with Crippen molar-refractivity contribution in [3.8, 4) is 0 Å². The molecule has 1 amide bonds. The highest BCUT2D eigenvalue weighted by Crippen LogP contribution is 2.33. The maximum Gasteiger partial charge on any atom is 0.407 e. The van der Waals surface area contributed by atoms with Gasteiger partial charge in [0.25, 0.3) is 0 Å². The number of alkyl carbamates (subject to hydrolysis) is 1. The largest absolute Gasteiger partial charge is 0.441 e. The summed E-state index contributed by atoms with van der Waals surface area (Å²) in [5.41, 5.74) is 1.08. The molecule has 1 aromatic carbocycles. The van der Waals surface area contributed by atoms with Crippen LogP contribution in [0.5, 0.6) is 0 Å². The first-order valence-electron chi connectivity index (χ1n) is 5.68. The topological polar surface area (TPSA) is 38.3 Å². The first-order chi connectivity index (χ1) is 7.68. The minimum absolute atomic E-state index is 0.116. The Morgan fingerprint density at radius 2 is 2.00 bits per heavy atom. The van der Waals surface area contributed by atoms with Gasteiger partial charge in [-0.05, 0) is 11.5 Å². The van der Waals surface area contributed by atoms with E-state index in [1.54, 1.807) is 0 Å². The fourth-order valence-corrected chi connectivity index (χ4v) is 2.10. The van der Waals surface area contributed by atoms with Crippen LogP contribution in [0.25, 0.3) is 0 Å². The van der Waals surface area contributed by atoms with Crippen molar-refractivity contribution in [1.82, 2.24) is 5.32 Å². The summed E-state index contributed by atoms with van der Waals surface area (Å²) in [4.78, 5) is 11.3. The Morgan fingerprint density at radius 3 is 2.62 bits per heavy atom. The second kappa shape index (κ2) is 4.56. The van der Waals surface area contributed by atoms with Gasteiger partial charge in [-0.15, -0.1) is 0 Å². The molecule has 86 valence electrons. The van der Waals surface area contributed by atoms with Crippen molar-refractivity contribution in [3.05, 3.63) is 35.9 Å². The fraction of sp³-hybridized carbons (Fsp3) is 0.462. The van der Waals surface area contributed by atoms with Crippen molar-refractivity contribution in [2.24, 2.45) is 11.8 Å². The second-order valence-corrected chi connectivity index (χ2v) is 4.53. The van der Waals surface area contributed by atoms with E-state index in [0.29, 0.717) is 18.4 Å². The molecule has 0 unspecified atom stereocenters. The molecule has 1 aromatic rings. The molecule has 1 aliphatic rings. The van der Waals surface area contributed by atoms with Crippen LogP contribution in [0.4, 0.5) is 4.79 Å². The lowest BCUT2D eigenvalue weighted by atomic mass is 9.85. The normalized spacial score (nSPS) is 25.1. The molecule has 1 aliphatic heterocycles. The van der Waals surface area contributed by atoms with E-state index >= 15 is 0 Å². The minimum atomic E-state index is -0.314. The van der Waals surface area contributed by atoms with E-state index < -0.39 is 0 Å². The van der Waals surface area contributed by atoms with Crippen molar-refractivity contribution in [3.63, 3.8) is 0 Å². The van der Waals surface area contributed by atoms with Crippen LogP contribution in [-0.4, -0.2) is 12.6 Å². The van der Waals surface area contributed by atoms with Crippen LogP contribution in [0, 0.1) is 11.8 Å². The van der Waals surface area contributed by atoms with Crippen LogP contribution >= 0.6 is 0 Å². The van der Waals surface area contributed by atoms with E-state index in [2.05, 4.69) is 19.2 Å². The summed E-state index contributed by atoms with van der Waals surface area (Å²) in [6.07, 6.45) is -0.430. The van der Waals surface area contributed by atoms with Crippen LogP contribution in [0.3, 0.4) is 0 Å². The standard InChI is InChI=1S/C13H17NO2/c1-9(2)11-8-14-13(15)16-12(11)10-6-4-3-5-7-10/h3-7,9,11-12H,8H2,1-2H3,(H,14,15)/t11-,12+/m0/s1. The third kappa shape index (κ3) is 2.18. The lowest BCUT2D eigenvalue weighted by molar-refractivity contribution is 0.0196. The Labute approximate surface area is 95.8 Å². The SMILES string of the molecule is CC(C)[C@@H]1CNC(=O)O[C@@H]1c1ccccc1. The Balaban J connectivity index is 2.24. The van der Waals surface area contributed by atoms with Crippen LogP contribution in [0.1, 0.15) is 25.5 Å². The van der Waals surface area contributed by atoms with Crippen molar-refractivity contribution in [1.29, 1.82) is 0 Å². The minimum Gasteiger partial charge on any atom is -0.441 e. The van der Waals surface area contributed by atoms with Gasteiger partial charge in [0.1, 0.15) is 6.10 Å². The van der Waals surface area contributed by atoms with Crippen LogP contribution in [0.15, 0.2) is 30.3 Å². The highest BCUT2D eigenvalue weighted by Gasteiger charge is 2.33. The molecule has 1 saturated heterocycles. The van der Waals surface area contributed by atoms with E-state index in [4.69, 9.17) is 4.74 Å². The highest BCUT2D eigenvalue weighted by atomic mass is 16.6. The first kappa shape index (κ1) is 11.0. The molecule has 0 aliphatic carbocycles. The molecular formula is C13H17NO2. The van der Waals surface area contributed by atoms with Gasteiger partial charge in [0.2, 0.25) is 0 Å². The number of carbonyl (C=O) groups is 1. The van der Waals surface area contributed by atoms with E-state index in [0.717, 1.165) is 5.56 Å². The number of rotatable bonds is 2. The van der Waals surface area contributed by atoms with Crippen LogP contribution in [-0.2, 0) is 4.74 Å². The summed E-state index contributed by atoms with van der Waals surface area (Å²) >= 11 is 0. The fourth-order valence-electron chi connectivity index (χ4n) is 2.10. The van der Waals surface area contributed by atoms with Gasteiger partial charge in [-0.3, -0.25) is 0 Å². The van der Waals surface area contributed by atoms with Crippen molar-refractivity contribution in [2.45, 2.75) is 20.0 Å². The monoisotopic (exact) mass is 219 g/mol. The molecular weight excluding hydrogens is 202 g/mol. The van der Waals surface area contributed by atoms with E-state index in [9.17, 15) is 4.79 Å². The molecule has 3 nitrogen and oxygen atoms in total. The van der Waals surface area contributed by atoms with E-state index in [1.165, 1.54) is 0 Å². The zero-order chi connectivity index (χ0) is 11.5. The van der Waals surface area contributed by atoms with Crippen molar-refractivity contribution in [2.75, 3.05) is 6.54 Å². The summed E-state index contributed by atoms with van der Waals surface area (Å²) in [5.74, 6) is 0.811. The maximum absolute atomic E-state index is 11.3. The van der Waals surface area contributed by atoms with Crippen LogP contribution < -0.4 is 5.32 Å². The number of hydrogen-bond acceptors (Lipinski definition) is 2. The third-order valence-corrected chi connectivity index (χ3v) is 3.09. The molecule has 0 spiro atoms. The van der Waals surface area contributed by atoms with E-state index in [1.807, 2.05) is 30.3 Å². The molecule has 1 N–H and O–H groups in total. The average molecular weight is 219 g/mol. The van der Waals surface area contributed by atoms with Gasteiger partial charge in [-0.25, -0.2) is 4.79 Å². The Bertz CT molecular complexity index is 361. The summed E-state index contributed by atoms with van der Waals surface area (Å²) < 4.78 is 5.40. The van der Waals surface area contributed by atoms with Gasteiger partial charge in [-0.2, -0.15) is 0 Å². The number of ether oxygens (including phenoxy) is 1. The molecule has 3 heteroatoms. The van der Waals surface area contributed by atoms with Gasteiger partial charge >= 0.3 is 6.09 Å². The summed E-state index contributed by atoms with van der Waals surface area (Å²) in [6.45, 7) is 5.00. The Kier molecular flexibility index (Phi) is 3.13. The Hall–Kier alpha value is -1.51. The molecule has 1 heterocycles. The Morgan fingerprint density at radius 1 is 1.31 bits per heavy atom. The van der Waals surface area contributed by atoms with Crippen LogP contribution in [0.2, 0.25) is 0 Å². The summed E-state index contributed by atoms with van der Waals surface area (Å²) in [5, 5.41) is 2.75. The summed E-state index contributed by atoms with van der Waals surface area (Å²) in [7, 11) is 0. The van der Waals surface area contributed by atoms with Gasteiger partial charge in [0.05, 0.1) is 0 Å². The predicted molar refractivity (Wildman–Crippen MR) is 62.0 cm³/mol. The third-order valence-electron chi connectivity index (χ3n) is 3.09. The number of hydrogen-bond donors (Lipinski definition) is 1. The quantitative estimate of drug-likeness (QED) is 0.830. The smallest absolute Gasteiger partial charge is 0.407 e. The lowest BCUT2D eigenvalue weighted by Gasteiger charge is -2.34. The maximum atomic E-state index is 11.3. The zero-order valence-electron chi connectivity index (χ0n) is 9.64. The number of cyclic esters (lactones) is 1. The number of benzene rings is 1. The molecule has 0 radical (unpaired) electrons. The average Bonchev–Trinajstić information content (AvgIpc) is 2.29. The zero-order valence-corrected chi connectivity index (χ0v) is 9.64.